The maximum absolute atomic E-state index is 12.3. The lowest BCUT2D eigenvalue weighted by atomic mass is 9.91. The fourth-order valence-corrected chi connectivity index (χ4v) is 2.53. The second kappa shape index (κ2) is 7.29. The van der Waals surface area contributed by atoms with Gasteiger partial charge < -0.3 is 15.7 Å². The summed E-state index contributed by atoms with van der Waals surface area (Å²) in [6.07, 6.45) is 5.39. The zero-order valence-electron chi connectivity index (χ0n) is 11.9. The van der Waals surface area contributed by atoms with E-state index in [0.717, 1.165) is 30.5 Å². The topological polar surface area (TPSA) is 66.6 Å². The van der Waals surface area contributed by atoms with Gasteiger partial charge in [0.15, 0.2) is 0 Å². The van der Waals surface area contributed by atoms with Crippen molar-refractivity contribution in [2.45, 2.75) is 44.6 Å². The quantitative estimate of drug-likeness (QED) is 0.748. The first-order valence-electron chi connectivity index (χ1n) is 7.45. The number of aliphatic hydroxyl groups excluding tert-OH is 1. The third kappa shape index (κ3) is 3.97. The molecule has 1 amide bonds. The molecule has 0 aliphatic heterocycles. The minimum Gasteiger partial charge on any atom is -0.399 e. The SMILES string of the molecule is Nc1ccc(CCC(=O)N(CCCO)C2CCC2)cc1. The van der Waals surface area contributed by atoms with Gasteiger partial charge in [-0.25, -0.2) is 0 Å². The third-order valence-corrected chi connectivity index (χ3v) is 4.00. The number of aliphatic hydroxyl groups is 1. The van der Waals surface area contributed by atoms with Gasteiger partial charge in [0.25, 0.3) is 0 Å². The van der Waals surface area contributed by atoms with Gasteiger partial charge in [0.05, 0.1) is 0 Å². The molecule has 0 bridgehead atoms. The number of hydrogen-bond donors (Lipinski definition) is 2. The molecule has 0 heterocycles. The van der Waals surface area contributed by atoms with Crippen molar-refractivity contribution in [3.8, 4) is 0 Å². The third-order valence-electron chi connectivity index (χ3n) is 4.00. The highest BCUT2D eigenvalue weighted by Gasteiger charge is 2.27. The summed E-state index contributed by atoms with van der Waals surface area (Å²) in [4.78, 5) is 14.3. The van der Waals surface area contributed by atoms with E-state index in [4.69, 9.17) is 10.8 Å². The van der Waals surface area contributed by atoms with E-state index < -0.39 is 0 Å². The molecule has 1 fully saturated rings. The van der Waals surface area contributed by atoms with Gasteiger partial charge in [-0.1, -0.05) is 12.1 Å². The van der Waals surface area contributed by atoms with Crippen LogP contribution in [0.3, 0.4) is 0 Å². The van der Waals surface area contributed by atoms with Crippen LogP contribution in [0.4, 0.5) is 5.69 Å². The summed E-state index contributed by atoms with van der Waals surface area (Å²) in [5.41, 5.74) is 7.54. The molecule has 1 saturated carbocycles. The van der Waals surface area contributed by atoms with E-state index in [0.29, 0.717) is 25.4 Å². The minimum absolute atomic E-state index is 0.147. The largest absolute Gasteiger partial charge is 0.399 e. The van der Waals surface area contributed by atoms with Crippen LogP contribution in [0.2, 0.25) is 0 Å². The number of nitrogens with two attached hydrogens (primary N) is 1. The van der Waals surface area contributed by atoms with Crippen molar-refractivity contribution in [2.75, 3.05) is 18.9 Å². The van der Waals surface area contributed by atoms with Crippen LogP contribution < -0.4 is 5.73 Å². The zero-order chi connectivity index (χ0) is 14.4. The summed E-state index contributed by atoms with van der Waals surface area (Å²) >= 11 is 0. The van der Waals surface area contributed by atoms with Crippen molar-refractivity contribution in [3.63, 3.8) is 0 Å². The first kappa shape index (κ1) is 14.9. The standard InChI is InChI=1S/C16H24N2O2/c17-14-8-5-13(6-9-14)7-10-16(20)18(11-2-12-19)15-3-1-4-15/h5-6,8-9,15,19H,1-4,7,10-12,17H2. The van der Waals surface area contributed by atoms with Crippen molar-refractivity contribution in [2.24, 2.45) is 0 Å². The summed E-state index contributed by atoms with van der Waals surface area (Å²) in [7, 11) is 0. The molecule has 110 valence electrons. The van der Waals surface area contributed by atoms with E-state index in [2.05, 4.69) is 0 Å². The Hall–Kier alpha value is -1.55. The summed E-state index contributed by atoms with van der Waals surface area (Å²) in [6.45, 7) is 0.830. The van der Waals surface area contributed by atoms with Gasteiger partial charge in [-0.3, -0.25) is 4.79 Å². The predicted molar refractivity (Wildman–Crippen MR) is 80.2 cm³/mol. The molecule has 3 N–H and O–H groups in total. The fraction of sp³-hybridized carbons (Fsp3) is 0.562. The molecule has 0 spiro atoms. The van der Waals surface area contributed by atoms with E-state index in [1.54, 1.807) is 0 Å². The molecule has 0 aromatic heterocycles. The lowest BCUT2D eigenvalue weighted by Crippen LogP contribution is -2.45. The Morgan fingerprint density at radius 1 is 1.30 bits per heavy atom. The molecule has 2 rings (SSSR count). The predicted octanol–water partition coefficient (Wildman–Crippen LogP) is 1.96. The van der Waals surface area contributed by atoms with Crippen LogP contribution in [-0.2, 0) is 11.2 Å². The highest BCUT2D eigenvalue weighted by molar-refractivity contribution is 5.77. The average Bonchev–Trinajstić information content (AvgIpc) is 2.40. The van der Waals surface area contributed by atoms with Crippen molar-refractivity contribution >= 4 is 11.6 Å². The van der Waals surface area contributed by atoms with Gasteiger partial charge in [-0.15, -0.1) is 0 Å². The summed E-state index contributed by atoms with van der Waals surface area (Å²) in [5.74, 6) is 0.208. The van der Waals surface area contributed by atoms with Gasteiger partial charge in [0, 0.05) is 31.3 Å². The lowest BCUT2D eigenvalue weighted by molar-refractivity contribution is -0.135. The molecule has 20 heavy (non-hydrogen) atoms. The van der Waals surface area contributed by atoms with Crippen LogP contribution in [0.5, 0.6) is 0 Å². The number of hydrogen-bond acceptors (Lipinski definition) is 3. The second-order valence-electron chi connectivity index (χ2n) is 5.49. The van der Waals surface area contributed by atoms with Gasteiger partial charge in [-0.05, 0) is 49.8 Å². The Kier molecular flexibility index (Phi) is 5.41. The highest BCUT2D eigenvalue weighted by Crippen LogP contribution is 2.25. The highest BCUT2D eigenvalue weighted by atomic mass is 16.3. The Balaban J connectivity index is 1.85. The van der Waals surface area contributed by atoms with Crippen LogP contribution in [0.15, 0.2) is 24.3 Å². The molecule has 4 nitrogen and oxygen atoms in total. The van der Waals surface area contributed by atoms with Gasteiger partial charge in [0.2, 0.25) is 5.91 Å². The monoisotopic (exact) mass is 276 g/mol. The first-order valence-corrected chi connectivity index (χ1v) is 7.45. The molecular formula is C16H24N2O2. The van der Waals surface area contributed by atoms with Crippen LogP contribution in [0.25, 0.3) is 0 Å². The maximum Gasteiger partial charge on any atom is 0.223 e. The molecular weight excluding hydrogens is 252 g/mol. The van der Waals surface area contributed by atoms with E-state index in [9.17, 15) is 4.79 Å². The number of anilines is 1. The molecule has 1 aromatic rings. The molecule has 1 aliphatic carbocycles. The number of aryl methyl sites for hydroxylation is 1. The molecule has 0 atom stereocenters. The van der Waals surface area contributed by atoms with Gasteiger partial charge in [0.1, 0.15) is 0 Å². The summed E-state index contributed by atoms with van der Waals surface area (Å²) < 4.78 is 0. The Labute approximate surface area is 120 Å². The number of benzene rings is 1. The van der Waals surface area contributed by atoms with Crippen molar-refractivity contribution in [3.05, 3.63) is 29.8 Å². The number of amides is 1. The summed E-state index contributed by atoms with van der Waals surface area (Å²) in [5, 5.41) is 8.95. The molecule has 1 aliphatic rings. The molecule has 4 heteroatoms. The van der Waals surface area contributed by atoms with E-state index in [1.807, 2.05) is 29.2 Å². The second-order valence-corrected chi connectivity index (χ2v) is 5.49. The van der Waals surface area contributed by atoms with Crippen LogP contribution in [0, 0.1) is 0 Å². The van der Waals surface area contributed by atoms with Crippen LogP contribution >= 0.6 is 0 Å². The van der Waals surface area contributed by atoms with Crippen molar-refractivity contribution in [1.29, 1.82) is 0 Å². The average molecular weight is 276 g/mol. The van der Waals surface area contributed by atoms with Crippen LogP contribution in [0.1, 0.15) is 37.7 Å². The number of carbonyl (C=O) groups is 1. The van der Waals surface area contributed by atoms with Gasteiger partial charge in [-0.2, -0.15) is 0 Å². The van der Waals surface area contributed by atoms with E-state index in [-0.39, 0.29) is 12.5 Å². The molecule has 0 saturated heterocycles. The number of nitrogens with zero attached hydrogens (tertiary/aromatic N) is 1. The van der Waals surface area contributed by atoms with Crippen molar-refractivity contribution in [1.82, 2.24) is 4.90 Å². The van der Waals surface area contributed by atoms with Crippen molar-refractivity contribution < 1.29 is 9.90 Å². The number of rotatable bonds is 7. The number of nitrogen functional groups attached to an aromatic ring is 1. The fourth-order valence-electron chi connectivity index (χ4n) is 2.53. The Morgan fingerprint density at radius 3 is 2.55 bits per heavy atom. The minimum atomic E-state index is 0.147. The zero-order valence-corrected chi connectivity index (χ0v) is 11.9. The molecule has 1 aromatic carbocycles. The van der Waals surface area contributed by atoms with E-state index in [1.165, 1.54) is 6.42 Å². The molecule has 0 unspecified atom stereocenters. The molecule has 0 radical (unpaired) electrons. The summed E-state index contributed by atoms with van der Waals surface area (Å²) in [6, 6.07) is 8.10. The number of carbonyl (C=O) groups excluding carboxylic acids is 1. The van der Waals surface area contributed by atoms with Crippen LogP contribution in [-0.4, -0.2) is 35.1 Å². The first-order chi connectivity index (χ1) is 9.70. The Bertz CT molecular complexity index is 427. The lowest BCUT2D eigenvalue weighted by Gasteiger charge is -2.37. The van der Waals surface area contributed by atoms with Gasteiger partial charge >= 0.3 is 0 Å². The Morgan fingerprint density at radius 2 is 2.00 bits per heavy atom. The normalized spacial score (nSPS) is 14.8. The maximum atomic E-state index is 12.3. The smallest absolute Gasteiger partial charge is 0.223 e. The van der Waals surface area contributed by atoms with E-state index >= 15 is 0 Å².